The number of methoxy groups -OCH3 is 1. The lowest BCUT2D eigenvalue weighted by Crippen LogP contribution is -2.06. The summed E-state index contributed by atoms with van der Waals surface area (Å²) in [5, 5.41) is 4.95. The van der Waals surface area contributed by atoms with Crippen LogP contribution in [-0.4, -0.2) is 19.9 Å². The molecule has 3 nitrogen and oxygen atoms in total. The Balaban J connectivity index is 2.91. The van der Waals surface area contributed by atoms with Crippen LogP contribution in [0.25, 0.3) is 5.57 Å². The molecule has 0 spiro atoms. The van der Waals surface area contributed by atoms with Gasteiger partial charge in [0.2, 0.25) is 0 Å². The molecule has 102 valence electrons. The van der Waals surface area contributed by atoms with E-state index < -0.39 is 0 Å². The number of thiophene rings is 1. The number of aliphatic imine (C=N–C) groups is 1. The first-order valence-corrected chi connectivity index (χ1v) is 6.85. The minimum absolute atomic E-state index is 0.611. The van der Waals surface area contributed by atoms with E-state index in [1.165, 1.54) is 10.5 Å². The van der Waals surface area contributed by atoms with E-state index in [0.29, 0.717) is 5.82 Å². The number of ether oxygens (including phenoxy) is 1. The summed E-state index contributed by atoms with van der Waals surface area (Å²) in [5.74, 6) is 1.34. The van der Waals surface area contributed by atoms with Gasteiger partial charge in [0.15, 0.2) is 0 Å². The molecular formula is C15H20N2OS. The molecule has 0 aliphatic rings. The molecule has 1 N–H and O–H groups in total. The molecule has 0 unspecified atom stereocenters. The molecule has 1 aromatic rings. The van der Waals surface area contributed by atoms with Crippen LogP contribution < -0.4 is 5.32 Å². The normalized spacial score (nSPS) is 13.4. The van der Waals surface area contributed by atoms with E-state index in [4.69, 9.17) is 4.74 Å². The molecule has 0 saturated heterocycles. The van der Waals surface area contributed by atoms with Crippen molar-refractivity contribution in [2.24, 2.45) is 4.99 Å². The van der Waals surface area contributed by atoms with Crippen molar-refractivity contribution in [2.75, 3.05) is 14.2 Å². The largest absolute Gasteiger partial charge is 0.495 e. The molecule has 1 heterocycles. The van der Waals surface area contributed by atoms with E-state index >= 15 is 0 Å². The summed E-state index contributed by atoms with van der Waals surface area (Å²) in [6.07, 6.45) is 3.96. The van der Waals surface area contributed by atoms with Crippen LogP contribution >= 0.6 is 11.3 Å². The van der Waals surface area contributed by atoms with Gasteiger partial charge in [-0.15, -0.1) is 11.3 Å². The summed E-state index contributed by atoms with van der Waals surface area (Å²) in [7, 11) is 3.43. The van der Waals surface area contributed by atoms with Crippen molar-refractivity contribution < 1.29 is 4.74 Å². The SMILES string of the molecule is C=C(/N=C(C)/C(=C\C=C(/C)c1cccs1)OC)NC. The molecule has 0 amide bonds. The Morgan fingerprint density at radius 3 is 2.68 bits per heavy atom. The van der Waals surface area contributed by atoms with Gasteiger partial charge in [-0.1, -0.05) is 18.7 Å². The summed E-state index contributed by atoms with van der Waals surface area (Å²) in [6.45, 7) is 7.74. The van der Waals surface area contributed by atoms with Crippen molar-refractivity contribution in [1.82, 2.24) is 5.32 Å². The van der Waals surface area contributed by atoms with Gasteiger partial charge in [0.25, 0.3) is 0 Å². The average Bonchev–Trinajstić information content (AvgIpc) is 2.92. The molecule has 0 aliphatic carbocycles. The first-order chi connectivity index (χ1) is 9.08. The van der Waals surface area contributed by atoms with E-state index in [9.17, 15) is 0 Å². The van der Waals surface area contributed by atoms with E-state index in [0.717, 1.165) is 11.5 Å². The highest BCUT2D eigenvalue weighted by Gasteiger charge is 2.01. The van der Waals surface area contributed by atoms with Gasteiger partial charge in [0, 0.05) is 11.9 Å². The Labute approximate surface area is 119 Å². The van der Waals surface area contributed by atoms with E-state index in [2.05, 4.69) is 35.3 Å². The summed E-state index contributed by atoms with van der Waals surface area (Å²) < 4.78 is 5.35. The van der Waals surface area contributed by atoms with Crippen LogP contribution in [0.5, 0.6) is 0 Å². The molecule has 0 fully saturated rings. The molecule has 1 aromatic heterocycles. The lowest BCUT2D eigenvalue weighted by molar-refractivity contribution is 0.314. The minimum Gasteiger partial charge on any atom is -0.495 e. The molecule has 0 radical (unpaired) electrons. The fourth-order valence-corrected chi connectivity index (χ4v) is 2.15. The van der Waals surface area contributed by atoms with Crippen molar-refractivity contribution in [1.29, 1.82) is 0 Å². The Bertz CT molecular complexity index is 510. The van der Waals surface area contributed by atoms with Gasteiger partial charge in [-0.05, 0) is 36.9 Å². The molecule has 4 heteroatoms. The summed E-state index contributed by atoms with van der Waals surface area (Å²) in [5.41, 5.74) is 1.99. The predicted octanol–water partition coefficient (Wildman–Crippen LogP) is 3.83. The molecule has 0 aromatic carbocycles. The Hall–Kier alpha value is -1.81. The van der Waals surface area contributed by atoms with Crippen molar-refractivity contribution in [2.45, 2.75) is 13.8 Å². The summed E-state index contributed by atoms with van der Waals surface area (Å²) in [6, 6.07) is 4.14. The quantitative estimate of drug-likeness (QED) is 0.486. The molecule has 0 aliphatic heterocycles. The number of nitrogens with zero attached hydrogens (tertiary/aromatic N) is 1. The molecule has 19 heavy (non-hydrogen) atoms. The van der Waals surface area contributed by atoms with Gasteiger partial charge in [-0.25, -0.2) is 4.99 Å². The fourth-order valence-electron chi connectivity index (χ4n) is 1.44. The maximum atomic E-state index is 5.35. The minimum atomic E-state index is 0.611. The lowest BCUT2D eigenvalue weighted by atomic mass is 10.2. The number of hydrogen-bond acceptors (Lipinski definition) is 4. The van der Waals surface area contributed by atoms with E-state index in [1.807, 2.05) is 25.1 Å². The Morgan fingerprint density at radius 1 is 1.42 bits per heavy atom. The number of hydrogen-bond donors (Lipinski definition) is 1. The third-order valence-electron chi connectivity index (χ3n) is 2.56. The smallest absolute Gasteiger partial charge is 0.140 e. The second kappa shape index (κ2) is 7.59. The highest BCUT2D eigenvalue weighted by Crippen LogP contribution is 2.19. The van der Waals surface area contributed by atoms with Crippen molar-refractivity contribution >= 4 is 22.6 Å². The molecule has 0 saturated carbocycles. The van der Waals surface area contributed by atoms with E-state index in [-0.39, 0.29) is 0 Å². The number of nitrogens with one attached hydrogen (secondary N) is 1. The van der Waals surface area contributed by atoms with Gasteiger partial charge in [-0.2, -0.15) is 0 Å². The van der Waals surface area contributed by atoms with Crippen LogP contribution in [0, 0.1) is 0 Å². The summed E-state index contributed by atoms with van der Waals surface area (Å²) >= 11 is 1.72. The zero-order chi connectivity index (χ0) is 14.3. The maximum absolute atomic E-state index is 5.35. The molecular weight excluding hydrogens is 256 g/mol. The third kappa shape index (κ3) is 4.75. The van der Waals surface area contributed by atoms with Crippen molar-refractivity contribution in [3.63, 3.8) is 0 Å². The van der Waals surface area contributed by atoms with Crippen LogP contribution in [0.1, 0.15) is 18.7 Å². The van der Waals surface area contributed by atoms with Crippen LogP contribution in [0.4, 0.5) is 0 Å². The second-order valence-electron chi connectivity index (χ2n) is 3.96. The van der Waals surface area contributed by atoms with Crippen LogP contribution in [-0.2, 0) is 4.74 Å². The average molecular weight is 276 g/mol. The monoisotopic (exact) mass is 276 g/mol. The van der Waals surface area contributed by atoms with Crippen LogP contribution in [0.15, 0.2) is 52.8 Å². The van der Waals surface area contributed by atoms with Gasteiger partial charge in [0.1, 0.15) is 11.6 Å². The van der Waals surface area contributed by atoms with Crippen LogP contribution in [0.3, 0.4) is 0 Å². The van der Waals surface area contributed by atoms with Crippen LogP contribution in [0.2, 0.25) is 0 Å². The summed E-state index contributed by atoms with van der Waals surface area (Å²) in [4.78, 5) is 5.55. The second-order valence-corrected chi connectivity index (χ2v) is 4.90. The highest BCUT2D eigenvalue weighted by molar-refractivity contribution is 7.11. The Kier molecular flexibility index (Phi) is 6.09. The van der Waals surface area contributed by atoms with Gasteiger partial charge >= 0.3 is 0 Å². The molecule has 0 bridgehead atoms. The third-order valence-corrected chi connectivity index (χ3v) is 3.57. The first-order valence-electron chi connectivity index (χ1n) is 5.97. The Morgan fingerprint density at radius 2 is 2.16 bits per heavy atom. The van der Waals surface area contributed by atoms with Gasteiger partial charge in [-0.3, -0.25) is 0 Å². The van der Waals surface area contributed by atoms with Gasteiger partial charge < -0.3 is 10.1 Å². The van der Waals surface area contributed by atoms with Crippen molar-refractivity contribution in [3.05, 3.63) is 52.7 Å². The first kappa shape index (κ1) is 15.2. The highest BCUT2D eigenvalue weighted by atomic mass is 32.1. The van der Waals surface area contributed by atoms with Gasteiger partial charge in [0.05, 0.1) is 12.8 Å². The standard InChI is InChI=1S/C15H20N2OS/c1-11(15-7-6-10-19-15)8-9-14(18-5)12(2)17-13(3)16-4/h6-10,16H,3H2,1-2,4-5H3/b11-8+,14-9+,17-12+. The predicted molar refractivity (Wildman–Crippen MR) is 84.4 cm³/mol. The maximum Gasteiger partial charge on any atom is 0.140 e. The molecule has 1 rings (SSSR count). The topological polar surface area (TPSA) is 33.6 Å². The molecule has 0 atom stereocenters. The zero-order valence-corrected chi connectivity index (χ0v) is 12.7. The fraction of sp³-hybridized carbons (Fsp3) is 0.267. The van der Waals surface area contributed by atoms with E-state index in [1.54, 1.807) is 25.5 Å². The lowest BCUT2D eigenvalue weighted by Gasteiger charge is -2.06. The zero-order valence-electron chi connectivity index (χ0n) is 11.9. The number of rotatable bonds is 6. The number of allylic oxidation sites excluding steroid dienone is 4. The van der Waals surface area contributed by atoms with Crippen molar-refractivity contribution in [3.8, 4) is 0 Å².